The maximum Gasteiger partial charge on any atom is 0.138 e. The number of nitrogens with two attached hydrogens (primary N) is 1. The van der Waals surface area contributed by atoms with Crippen LogP contribution in [0.25, 0.3) is 0 Å². The molecule has 2 N–H and O–H groups in total. The van der Waals surface area contributed by atoms with E-state index >= 15 is 0 Å². The molecule has 0 bridgehead atoms. The topological polar surface area (TPSA) is 35.2 Å². The van der Waals surface area contributed by atoms with E-state index in [1.165, 1.54) is 0 Å². The Morgan fingerprint density at radius 2 is 1.79 bits per heavy atom. The van der Waals surface area contributed by atoms with E-state index in [2.05, 4.69) is 0 Å². The van der Waals surface area contributed by atoms with E-state index in [1.807, 2.05) is 62.4 Å². The molecule has 0 aromatic heterocycles. The summed E-state index contributed by atoms with van der Waals surface area (Å²) < 4.78 is 6.01. The SMILES string of the molecule is Cc1cccc(OC(c2ccc(Cl)cc2)C(C)N)c1. The van der Waals surface area contributed by atoms with Crippen molar-refractivity contribution in [3.05, 3.63) is 64.7 Å². The van der Waals surface area contributed by atoms with Crippen molar-refractivity contribution >= 4 is 11.6 Å². The highest BCUT2D eigenvalue weighted by atomic mass is 35.5. The van der Waals surface area contributed by atoms with Crippen molar-refractivity contribution in [2.45, 2.75) is 26.0 Å². The fraction of sp³-hybridized carbons (Fsp3) is 0.250. The zero-order chi connectivity index (χ0) is 13.8. The average molecular weight is 276 g/mol. The molecular formula is C16H18ClNO. The highest BCUT2D eigenvalue weighted by Crippen LogP contribution is 2.25. The predicted molar refractivity (Wildman–Crippen MR) is 79.6 cm³/mol. The second-order valence-corrected chi connectivity index (χ2v) is 5.20. The van der Waals surface area contributed by atoms with E-state index < -0.39 is 0 Å². The molecule has 2 aromatic carbocycles. The minimum absolute atomic E-state index is 0.110. The lowest BCUT2D eigenvalue weighted by Crippen LogP contribution is -2.29. The van der Waals surface area contributed by atoms with E-state index in [1.54, 1.807) is 0 Å². The molecular weight excluding hydrogens is 258 g/mol. The maximum atomic E-state index is 6.03. The first-order valence-electron chi connectivity index (χ1n) is 6.30. The van der Waals surface area contributed by atoms with Gasteiger partial charge >= 0.3 is 0 Å². The molecule has 2 atom stereocenters. The summed E-state index contributed by atoms with van der Waals surface area (Å²) in [4.78, 5) is 0. The van der Waals surface area contributed by atoms with Crippen molar-refractivity contribution in [3.63, 3.8) is 0 Å². The van der Waals surface area contributed by atoms with Crippen LogP contribution in [0.2, 0.25) is 5.02 Å². The molecule has 3 heteroatoms. The van der Waals surface area contributed by atoms with Crippen molar-refractivity contribution in [1.29, 1.82) is 0 Å². The summed E-state index contributed by atoms with van der Waals surface area (Å²) in [5.74, 6) is 0.831. The molecule has 0 aliphatic heterocycles. The summed E-state index contributed by atoms with van der Waals surface area (Å²) in [7, 11) is 0. The van der Waals surface area contributed by atoms with Crippen LogP contribution in [0, 0.1) is 6.92 Å². The number of hydrogen-bond acceptors (Lipinski definition) is 2. The first-order valence-corrected chi connectivity index (χ1v) is 6.68. The van der Waals surface area contributed by atoms with Crippen molar-refractivity contribution in [2.75, 3.05) is 0 Å². The molecule has 0 saturated carbocycles. The van der Waals surface area contributed by atoms with Gasteiger partial charge in [-0.05, 0) is 49.2 Å². The summed E-state index contributed by atoms with van der Waals surface area (Å²) in [5.41, 5.74) is 8.23. The summed E-state index contributed by atoms with van der Waals surface area (Å²) >= 11 is 5.90. The van der Waals surface area contributed by atoms with Gasteiger partial charge in [-0.1, -0.05) is 35.9 Å². The fourth-order valence-corrected chi connectivity index (χ4v) is 2.09. The zero-order valence-electron chi connectivity index (χ0n) is 11.1. The van der Waals surface area contributed by atoms with Gasteiger partial charge in [-0.3, -0.25) is 0 Å². The van der Waals surface area contributed by atoms with Gasteiger partial charge in [0.2, 0.25) is 0 Å². The molecule has 0 spiro atoms. The highest BCUT2D eigenvalue weighted by molar-refractivity contribution is 6.30. The Kier molecular flexibility index (Phi) is 4.46. The molecule has 0 radical (unpaired) electrons. The van der Waals surface area contributed by atoms with Crippen LogP contribution in [-0.2, 0) is 0 Å². The lowest BCUT2D eigenvalue weighted by atomic mass is 10.0. The van der Waals surface area contributed by atoms with Crippen LogP contribution in [-0.4, -0.2) is 6.04 Å². The van der Waals surface area contributed by atoms with Gasteiger partial charge in [0.1, 0.15) is 11.9 Å². The van der Waals surface area contributed by atoms with Crippen LogP contribution in [0.3, 0.4) is 0 Å². The fourth-order valence-electron chi connectivity index (χ4n) is 1.97. The lowest BCUT2D eigenvalue weighted by Gasteiger charge is -2.23. The number of aryl methyl sites for hydroxylation is 1. The standard InChI is InChI=1S/C16H18ClNO/c1-11-4-3-5-15(10-11)19-16(12(2)18)13-6-8-14(17)9-7-13/h3-10,12,16H,18H2,1-2H3. The Morgan fingerprint density at radius 1 is 1.11 bits per heavy atom. The molecule has 100 valence electrons. The van der Waals surface area contributed by atoms with E-state index in [0.717, 1.165) is 16.9 Å². The summed E-state index contributed by atoms with van der Waals surface area (Å²) in [6.07, 6.45) is -0.181. The second-order valence-electron chi connectivity index (χ2n) is 4.77. The summed E-state index contributed by atoms with van der Waals surface area (Å²) in [6, 6.07) is 15.5. The van der Waals surface area contributed by atoms with E-state index in [9.17, 15) is 0 Å². The Bertz CT molecular complexity index is 537. The van der Waals surface area contributed by atoms with Crippen molar-refractivity contribution in [1.82, 2.24) is 0 Å². The Labute approximate surface area is 119 Å². The summed E-state index contributed by atoms with van der Waals surface area (Å²) in [6.45, 7) is 3.98. The van der Waals surface area contributed by atoms with Gasteiger partial charge < -0.3 is 10.5 Å². The van der Waals surface area contributed by atoms with Crippen molar-refractivity contribution in [2.24, 2.45) is 5.73 Å². The quantitative estimate of drug-likeness (QED) is 0.911. The molecule has 0 aliphatic rings. The molecule has 2 aromatic rings. The number of halogens is 1. The predicted octanol–water partition coefficient (Wildman–Crippen LogP) is 4.12. The number of hydrogen-bond donors (Lipinski definition) is 1. The monoisotopic (exact) mass is 275 g/mol. The van der Waals surface area contributed by atoms with Crippen LogP contribution < -0.4 is 10.5 Å². The number of benzene rings is 2. The minimum atomic E-state index is -0.181. The van der Waals surface area contributed by atoms with Gasteiger partial charge in [-0.15, -0.1) is 0 Å². The molecule has 0 aliphatic carbocycles. The van der Waals surface area contributed by atoms with Crippen molar-refractivity contribution < 1.29 is 4.74 Å². The Hall–Kier alpha value is -1.51. The third-order valence-electron chi connectivity index (χ3n) is 2.93. The van der Waals surface area contributed by atoms with Gasteiger partial charge in [0, 0.05) is 11.1 Å². The molecule has 2 nitrogen and oxygen atoms in total. The van der Waals surface area contributed by atoms with Gasteiger partial charge in [0.25, 0.3) is 0 Å². The first-order chi connectivity index (χ1) is 9.06. The van der Waals surface area contributed by atoms with Crippen LogP contribution in [0.4, 0.5) is 0 Å². The van der Waals surface area contributed by atoms with Crippen LogP contribution in [0.5, 0.6) is 5.75 Å². The summed E-state index contributed by atoms with van der Waals surface area (Å²) in [5, 5.41) is 0.711. The second kappa shape index (κ2) is 6.09. The molecule has 0 amide bonds. The molecule has 0 heterocycles. The van der Waals surface area contributed by atoms with Gasteiger partial charge in [0.05, 0.1) is 0 Å². The molecule has 0 saturated heterocycles. The molecule has 2 rings (SSSR count). The number of rotatable bonds is 4. The minimum Gasteiger partial charge on any atom is -0.484 e. The Morgan fingerprint density at radius 3 is 2.37 bits per heavy atom. The molecule has 19 heavy (non-hydrogen) atoms. The first kappa shape index (κ1) is 13.9. The van der Waals surface area contributed by atoms with E-state index in [4.69, 9.17) is 22.1 Å². The van der Waals surface area contributed by atoms with Crippen LogP contribution in [0.15, 0.2) is 48.5 Å². The van der Waals surface area contributed by atoms with Gasteiger partial charge in [-0.2, -0.15) is 0 Å². The zero-order valence-corrected chi connectivity index (χ0v) is 11.9. The van der Waals surface area contributed by atoms with E-state index in [-0.39, 0.29) is 12.1 Å². The van der Waals surface area contributed by atoms with E-state index in [0.29, 0.717) is 5.02 Å². The Balaban J connectivity index is 2.23. The van der Waals surface area contributed by atoms with Crippen LogP contribution >= 0.6 is 11.6 Å². The molecule has 0 fully saturated rings. The third kappa shape index (κ3) is 3.72. The van der Waals surface area contributed by atoms with Crippen molar-refractivity contribution in [3.8, 4) is 5.75 Å². The van der Waals surface area contributed by atoms with Gasteiger partial charge in [0.15, 0.2) is 0 Å². The smallest absolute Gasteiger partial charge is 0.138 e. The van der Waals surface area contributed by atoms with Gasteiger partial charge in [-0.25, -0.2) is 0 Å². The highest BCUT2D eigenvalue weighted by Gasteiger charge is 2.18. The lowest BCUT2D eigenvalue weighted by molar-refractivity contribution is 0.180. The average Bonchev–Trinajstić information content (AvgIpc) is 2.37. The maximum absolute atomic E-state index is 6.03. The largest absolute Gasteiger partial charge is 0.484 e. The normalized spacial score (nSPS) is 13.9. The number of ether oxygens (including phenoxy) is 1. The molecule has 2 unspecified atom stereocenters. The van der Waals surface area contributed by atoms with Crippen LogP contribution in [0.1, 0.15) is 24.2 Å². The third-order valence-corrected chi connectivity index (χ3v) is 3.18.